The highest BCUT2D eigenvalue weighted by atomic mass is 16.5. The Kier molecular flexibility index (Phi) is 7.86. The Hall–Kier alpha value is -1.26. The van der Waals surface area contributed by atoms with E-state index in [2.05, 4.69) is 39.9 Å². The monoisotopic (exact) mass is 324 g/mol. The van der Waals surface area contributed by atoms with Crippen molar-refractivity contribution in [1.29, 1.82) is 0 Å². The quantitative estimate of drug-likeness (QED) is 0.734. The van der Waals surface area contributed by atoms with Gasteiger partial charge >= 0.3 is 0 Å². The van der Waals surface area contributed by atoms with E-state index in [0.717, 1.165) is 17.1 Å². The Morgan fingerprint density at radius 2 is 1.96 bits per heavy atom. The van der Waals surface area contributed by atoms with E-state index < -0.39 is 6.10 Å². The minimum Gasteiger partial charge on any atom is -0.497 e. The topological polar surface area (TPSA) is 55.3 Å². The van der Waals surface area contributed by atoms with Gasteiger partial charge in [-0.25, -0.2) is 0 Å². The summed E-state index contributed by atoms with van der Waals surface area (Å²) in [6.45, 7) is 11.8. The summed E-state index contributed by atoms with van der Waals surface area (Å²) in [7, 11) is 1.67. The third kappa shape index (κ3) is 6.80. The number of aliphatic hydroxyl groups is 1. The second kappa shape index (κ2) is 9.14. The van der Waals surface area contributed by atoms with E-state index in [1.165, 1.54) is 12.8 Å². The molecule has 3 N–H and O–H groups in total. The van der Waals surface area contributed by atoms with Gasteiger partial charge in [0.2, 0.25) is 0 Å². The molecule has 0 aromatic heterocycles. The largest absolute Gasteiger partial charge is 0.497 e. The van der Waals surface area contributed by atoms with Crippen LogP contribution in [-0.2, 0) is 5.41 Å². The van der Waals surface area contributed by atoms with Gasteiger partial charge in [0.25, 0.3) is 0 Å². The average Bonchev–Trinajstić information content (AvgIpc) is 2.50. The molecule has 0 bridgehead atoms. The molecule has 2 atom stereocenters. The predicted molar refractivity (Wildman–Crippen MR) is 94.4 cm³/mol. The van der Waals surface area contributed by atoms with Crippen LogP contribution in [0.4, 0.5) is 0 Å². The summed E-state index contributed by atoms with van der Waals surface area (Å²) in [6.07, 6.45) is 1.87. The van der Waals surface area contributed by atoms with Gasteiger partial charge in [0.1, 0.15) is 30.8 Å². The van der Waals surface area contributed by atoms with Gasteiger partial charge in [-0.15, -0.1) is 0 Å². The van der Waals surface area contributed by atoms with Gasteiger partial charge in [0.05, 0.1) is 13.2 Å². The van der Waals surface area contributed by atoms with Crippen molar-refractivity contribution >= 4 is 0 Å². The smallest absolute Gasteiger partial charge is 0.137 e. The van der Waals surface area contributed by atoms with Gasteiger partial charge in [0, 0.05) is 5.56 Å². The lowest BCUT2D eigenvalue weighted by atomic mass is 9.86. The molecule has 1 aromatic carbocycles. The predicted octanol–water partition coefficient (Wildman–Crippen LogP) is 2.48. The first-order chi connectivity index (χ1) is 10.8. The standard InChI is InChI=1S/C19H33NO3/c1-7-8-14(2)20-12-15(21)13-23-18-10-9-16(22-6)11-17(18)19(3,4)5/h9-11,14-15,20-21H,7-8,12-13H2,1-6H3/p+1/t14-,15+/m0/s1. The molecule has 132 valence electrons. The summed E-state index contributed by atoms with van der Waals surface area (Å²) in [5, 5.41) is 12.3. The van der Waals surface area contributed by atoms with E-state index in [-0.39, 0.29) is 5.41 Å². The maximum absolute atomic E-state index is 10.1. The minimum atomic E-state index is -0.468. The molecule has 0 unspecified atom stereocenters. The van der Waals surface area contributed by atoms with E-state index in [9.17, 15) is 5.11 Å². The van der Waals surface area contributed by atoms with Crippen LogP contribution < -0.4 is 14.8 Å². The van der Waals surface area contributed by atoms with Crippen molar-refractivity contribution < 1.29 is 19.9 Å². The number of benzene rings is 1. The van der Waals surface area contributed by atoms with Crippen molar-refractivity contribution in [2.24, 2.45) is 0 Å². The SMILES string of the molecule is CCC[C@H](C)[NH2+]C[C@@H](O)COc1ccc(OC)cc1C(C)(C)C. The lowest BCUT2D eigenvalue weighted by Crippen LogP contribution is -2.91. The zero-order valence-corrected chi connectivity index (χ0v) is 15.6. The van der Waals surface area contributed by atoms with Crippen LogP contribution >= 0.6 is 0 Å². The molecule has 4 heteroatoms. The molecule has 23 heavy (non-hydrogen) atoms. The van der Waals surface area contributed by atoms with Crippen LogP contribution in [0.3, 0.4) is 0 Å². The fraction of sp³-hybridized carbons (Fsp3) is 0.684. The number of hydrogen-bond donors (Lipinski definition) is 2. The van der Waals surface area contributed by atoms with Gasteiger partial charge in [-0.1, -0.05) is 34.1 Å². The normalized spacial score (nSPS) is 14.4. The second-order valence-electron chi connectivity index (χ2n) is 7.31. The van der Waals surface area contributed by atoms with Crippen LogP contribution in [0.2, 0.25) is 0 Å². The van der Waals surface area contributed by atoms with Gasteiger partial charge < -0.3 is 19.9 Å². The van der Waals surface area contributed by atoms with Crippen LogP contribution in [0.25, 0.3) is 0 Å². The molecule has 0 aliphatic carbocycles. The number of quaternary nitrogens is 1. The molecular weight excluding hydrogens is 290 g/mol. The molecule has 0 heterocycles. The summed E-state index contributed by atoms with van der Waals surface area (Å²) in [4.78, 5) is 0. The van der Waals surface area contributed by atoms with Crippen LogP contribution in [0.15, 0.2) is 18.2 Å². The summed E-state index contributed by atoms with van der Waals surface area (Å²) in [5.74, 6) is 1.64. The van der Waals surface area contributed by atoms with Crippen molar-refractivity contribution in [3.63, 3.8) is 0 Å². The molecule has 0 aliphatic rings. The number of rotatable bonds is 9. The molecule has 0 radical (unpaired) electrons. The van der Waals surface area contributed by atoms with E-state index in [0.29, 0.717) is 19.2 Å². The minimum absolute atomic E-state index is 0.0450. The fourth-order valence-corrected chi connectivity index (χ4v) is 2.56. The van der Waals surface area contributed by atoms with Crippen LogP contribution in [0.1, 0.15) is 53.0 Å². The first-order valence-corrected chi connectivity index (χ1v) is 8.60. The molecule has 0 spiro atoms. The zero-order chi connectivity index (χ0) is 17.5. The average molecular weight is 324 g/mol. The van der Waals surface area contributed by atoms with Gasteiger partial charge in [-0.05, 0) is 37.0 Å². The molecule has 0 fully saturated rings. The molecule has 1 aromatic rings. The second-order valence-corrected chi connectivity index (χ2v) is 7.31. The van der Waals surface area contributed by atoms with Gasteiger partial charge in [-0.2, -0.15) is 0 Å². The lowest BCUT2D eigenvalue weighted by molar-refractivity contribution is -0.692. The molecule has 1 rings (SSSR count). The molecule has 0 saturated carbocycles. The van der Waals surface area contributed by atoms with E-state index in [4.69, 9.17) is 9.47 Å². The van der Waals surface area contributed by atoms with E-state index >= 15 is 0 Å². The van der Waals surface area contributed by atoms with Crippen molar-refractivity contribution in [3.8, 4) is 11.5 Å². The van der Waals surface area contributed by atoms with Crippen molar-refractivity contribution in [2.75, 3.05) is 20.3 Å². The molecule has 4 nitrogen and oxygen atoms in total. The molecule has 0 amide bonds. The Balaban J connectivity index is 2.63. The third-order valence-corrected chi connectivity index (χ3v) is 3.98. The van der Waals surface area contributed by atoms with Crippen molar-refractivity contribution in [2.45, 2.75) is 65.0 Å². The number of nitrogens with two attached hydrogens (primary N) is 1. The maximum Gasteiger partial charge on any atom is 0.137 e. The lowest BCUT2D eigenvalue weighted by Gasteiger charge is -2.24. The highest BCUT2D eigenvalue weighted by molar-refractivity contribution is 5.44. The highest BCUT2D eigenvalue weighted by Gasteiger charge is 2.21. The maximum atomic E-state index is 10.1. The van der Waals surface area contributed by atoms with Crippen LogP contribution in [0.5, 0.6) is 11.5 Å². The molecule has 0 aliphatic heterocycles. The Bertz CT molecular complexity index is 468. The zero-order valence-electron chi connectivity index (χ0n) is 15.6. The molecule has 0 saturated heterocycles. The number of aliphatic hydroxyl groups excluding tert-OH is 1. The summed E-state index contributed by atoms with van der Waals surface area (Å²) >= 11 is 0. The first-order valence-electron chi connectivity index (χ1n) is 8.60. The highest BCUT2D eigenvalue weighted by Crippen LogP contribution is 2.34. The number of methoxy groups -OCH3 is 1. The van der Waals surface area contributed by atoms with Gasteiger partial charge in [-0.3, -0.25) is 0 Å². The van der Waals surface area contributed by atoms with E-state index in [1.54, 1.807) is 7.11 Å². The fourth-order valence-electron chi connectivity index (χ4n) is 2.56. The Labute approximate surface area is 141 Å². The van der Waals surface area contributed by atoms with Gasteiger partial charge in [0.15, 0.2) is 0 Å². The third-order valence-electron chi connectivity index (χ3n) is 3.98. The van der Waals surface area contributed by atoms with Crippen molar-refractivity contribution in [1.82, 2.24) is 0 Å². The summed E-state index contributed by atoms with van der Waals surface area (Å²) in [6, 6.07) is 6.37. The van der Waals surface area contributed by atoms with E-state index in [1.807, 2.05) is 18.2 Å². The number of hydrogen-bond acceptors (Lipinski definition) is 3. The number of ether oxygens (including phenoxy) is 2. The summed E-state index contributed by atoms with van der Waals surface area (Å²) in [5.41, 5.74) is 1.05. The van der Waals surface area contributed by atoms with Crippen molar-refractivity contribution in [3.05, 3.63) is 23.8 Å². The first kappa shape index (κ1) is 19.8. The Morgan fingerprint density at radius 3 is 2.52 bits per heavy atom. The Morgan fingerprint density at radius 1 is 1.26 bits per heavy atom. The summed E-state index contributed by atoms with van der Waals surface area (Å²) < 4.78 is 11.2. The van der Waals surface area contributed by atoms with Crippen LogP contribution in [-0.4, -0.2) is 37.5 Å². The van der Waals surface area contributed by atoms with Crippen LogP contribution in [0, 0.1) is 0 Å². The molecular formula is C19H34NO3+.